The molecule has 1 aromatic carbocycles. The molecule has 3 nitrogen and oxygen atoms in total. The van der Waals surface area contributed by atoms with E-state index in [0.717, 1.165) is 6.07 Å². The van der Waals surface area contributed by atoms with Crippen LogP contribution in [-0.4, -0.2) is 35.6 Å². The summed E-state index contributed by atoms with van der Waals surface area (Å²) in [5.74, 6) is -2.56. The predicted octanol–water partition coefficient (Wildman–Crippen LogP) is 2.30. The summed E-state index contributed by atoms with van der Waals surface area (Å²) in [5, 5.41) is 8.58. The average molecular weight is 257 g/mol. The molecule has 5 heteroatoms. The van der Waals surface area contributed by atoms with Gasteiger partial charge in [0.05, 0.1) is 6.42 Å². The maximum atomic E-state index is 13.0. The van der Waals surface area contributed by atoms with Gasteiger partial charge in [0.25, 0.3) is 0 Å². The van der Waals surface area contributed by atoms with Gasteiger partial charge in [0.15, 0.2) is 11.6 Å². The summed E-state index contributed by atoms with van der Waals surface area (Å²) in [4.78, 5) is 12.3. The molecule has 1 atom stereocenters. The maximum absolute atomic E-state index is 13.0. The predicted molar refractivity (Wildman–Crippen MR) is 64.4 cm³/mol. The number of hydrogen-bond acceptors (Lipinski definition) is 2. The summed E-state index contributed by atoms with van der Waals surface area (Å²) in [6, 6.07) is 3.89. The van der Waals surface area contributed by atoms with Gasteiger partial charge in [0.2, 0.25) is 0 Å². The Hall–Kier alpha value is -1.49. The summed E-state index contributed by atoms with van der Waals surface area (Å²) in [7, 11) is 1.81. The molecule has 0 aromatic heterocycles. The summed E-state index contributed by atoms with van der Waals surface area (Å²) in [6.07, 6.45) is 0.617. The lowest BCUT2D eigenvalue weighted by molar-refractivity contribution is -0.137. The van der Waals surface area contributed by atoms with E-state index in [4.69, 9.17) is 5.11 Å². The molecule has 0 fully saturated rings. The van der Waals surface area contributed by atoms with E-state index in [9.17, 15) is 13.6 Å². The smallest absolute Gasteiger partial charge is 0.304 e. The number of nitrogens with zero attached hydrogens (tertiary/aromatic N) is 1. The molecule has 0 aliphatic rings. The summed E-state index contributed by atoms with van der Waals surface area (Å²) in [6.45, 7) is 2.35. The lowest BCUT2D eigenvalue weighted by atomic mass is 10.1. The third-order valence-corrected chi connectivity index (χ3v) is 2.95. The van der Waals surface area contributed by atoms with Gasteiger partial charge >= 0.3 is 5.97 Å². The Morgan fingerprint density at radius 3 is 2.61 bits per heavy atom. The molecular formula is C13H17F2NO2. The lowest BCUT2D eigenvalue weighted by Crippen LogP contribution is -2.32. The number of carboxylic acids is 1. The molecule has 1 N–H and O–H groups in total. The fourth-order valence-electron chi connectivity index (χ4n) is 1.66. The van der Waals surface area contributed by atoms with Crippen LogP contribution in [0.25, 0.3) is 0 Å². The molecule has 1 unspecified atom stereocenters. The molecule has 0 bridgehead atoms. The Morgan fingerprint density at radius 2 is 2.06 bits per heavy atom. The van der Waals surface area contributed by atoms with E-state index >= 15 is 0 Å². The first-order chi connectivity index (χ1) is 8.40. The first-order valence-electron chi connectivity index (χ1n) is 5.76. The number of carbonyl (C=O) groups is 1. The molecule has 0 aliphatic carbocycles. The lowest BCUT2D eigenvalue weighted by Gasteiger charge is -2.24. The van der Waals surface area contributed by atoms with Crippen LogP contribution in [0.3, 0.4) is 0 Å². The van der Waals surface area contributed by atoms with Gasteiger partial charge < -0.3 is 10.0 Å². The van der Waals surface area contributed by atoms with E-state index < -0.39 is 17.6 Å². The van der Waals surface area contributed by atoms with E-state index in [1.54, 1.807) is 6.07 Å². The maximum Gasteiger partial charge on any atom is 0.304 e. The standard InChI is InChI=1S/C13H17F2NO2/c1-9(16(2)6-5-13(17)18)7-10-3-4-11(14)12(15)8-10/h3-4,8-9H,5-7H2,1-2H3,(H,17,18). The Labute approximate surface area is 105 Å². The van der Waals surface area contributed by atoms with Crippen LogP contribution in [0.4, 0.5) is 8.78 Å². The van der Waals surface area contributed by atoms with Crippen molar-refractivity contribution < 1.29 is 18.7 Å². The SMILES string of the molecule is CC(Cc1ccc(F)c(F)c1)N(C)CCC(=O)O. The van der Waals surface area contributed by atoms with Gasteiger partial charge in [0, 0.05) is 12.6 Å². The number of carboxylic acid groups (broad SMARTS) is 1. The molecule has 0 aliphatic heterocycles. The van der Waals surface area contributed by atoms with Gasteiger partial charge in [-0.05, 0) is 38.1 Å². The molecule has 100 valence electrons. The highest BCUT2D eigenvalue weighted by molar-refractivity contribution is 5.66. The largest absolute Gasteiger partial charge is 0.481 e. The average Bonchev–Trinajstić information content (AvgIpc) is 2.30. The Bertz CT molecular complexity index is 423. The second kappa shape index (κ2) is 6.44. The molecule has 0 radical (unpaired) electrons. The highest BCUT2D eigenvalue weighted by Gasteiger charge is 2.12. The number of aliphatic carboxylic acids is 1. The zero-order valence-electron chi connectivity index (χ0n) is 10.5. The van der Waals surface area contributed by atoms with Crippen molar-refractivity contribution in [3.05, 3.63) is 35.4 Å². The minimum Gasteiger partial charge on any atom is -0.481 e. The van der Waals surface area contributed by atoms with E-state index in [-0.39, 0.29) is 12.5 Å². The van der Waals surface area contributed by atoms with Crippen LogP contribution in [0.15, 0.2) is 18.2 Å². The van der Waals surface area contributed by atoms with E-state index in [0.29, 0.717) is 18.5 Å². The zero-order chi connectivity index (χ0) is 13.7. The van der Waals surface area contributed by atoms with Crippen LogP contribution >= 0.6 is 0 Å². The van der Waals surface area contributed by atoms with Crippen molar-refractivity contribution in [1.29, 1.82) is 0 Å². The molecule has 1 aromatic rings. The van der Waals surface area contributed by atoms with Crippen LogP contribution in [0, 0.1) is 11.6 Å². The minimum atomic E-state index is -0.856. The molecule has 18 heavy (non-hydrogen) atoms. The fraction of sp³-hybridized carbons (Fsp3) is 0.462. The zero-order valence-corrected chi connectivity index (χ0v) is 10.5. The first kappa shape index (κ1) is 14.6. The molecule has 0 spiro atoms. The highest BCUT2D eigenvalue weighted by atomic mass is 19.2. The van der Waals surface area contributed by atoms with Gasteiger partial charge in [0.1, 0.15) is 0 Å². The molecule has 0 amide bonds. The Morgan fingerprint density at radius 1 is 1.39 bits per heavy atom. The van der Waals surface area contributed by atoms with E-state index in [2.05, 4.69) is 0 Å². The van der Waals surface area contributed by atoms with Gasteiger partial charge in [-0.3, -0.25) is 4.79 Å². The summed E-state index contributed by atoms with van der Waals surface area (Å²) >= 11 is 0. The van der Waals surface area contributed by atoms with Gasteiger partial charge in [-0.15, -0.1) is 0 Å². The number of likely N-dealkylation sites (N-methyl/N-ethyl adjacent to an activating group) is 1. The molecular weight excluding hydrogens is 240 g/mol. The van der Waals surface area contributed by atoms with Crippen molar-refractivity contribution in [3.8, 4) is 0 Å². The van der Waals surface area contributed by atoms with Crippen molar-refractivity contribution in [2.24, 2.45) is 0 Å². The second-order valence-electron chi connectivity index (χ2n) is 4.43. The van der Waals surface area contributed by atoms with Gasteiger partial charge in [-0.25, -0.2) is 8.78 Å². The van der Waals surface area contributed by atoms with Crippen molar-refractivity contribution >= 4 is 5.97 Å². The molecule has 1 rings (SSSR count). The van der Waals surface area contributed by atoms with Crippen molar-refractivity contribution in [1.82, 2.24) is 4.90 Å². The monoisotopic (exact) mass is 257 g/mol. The second-order valence-corrected chi connectivity index (χ2v) is 4.43. The van der Waals surface area contributed by atoms with Crippen LogP contribution in [0.5, 0.6) is 0 Å². The normalized spacial score (nSPS) is 12.7. The Balaban J connectivity index is 2.55. The highest BCUT2D eigenvalue weighted by Crippen LogP contribution is 2.12. The summed E-state index contributed by atoms with van der Waals surface area (Å²) < 4.78 is 25.8. The first-order valence-corrected chi connectivity index (χ1v) is 5.76. The van der Waals surface area contributed by atoms with Crippen LogP contribution < -0.4 is 0 Å². The van der Waals surface area contributed by atoms with E-state index in [1.807, 2.05) is 18.9 Å². The van der Waals surface area contributed by atoms with Gasteiger partial charge in [-0.2, -0.15) is 0 Å². The molecule has 0 heterocycles. The van der Waals surface area contributed by atoms with Crippen molar-refractivity contribution in [3.63, 3.8) is 0 Å². The van der Waals surface area contributed by atoms with Crippen molar-refractivity contribution in [2.45, 2.75) is 25.8 Å². The van der Waals surface area contributed by atoms with Crippen LogP contribution in [-0.2, 0) is 11.2 Å². The number of halogens is 2. The number of benzene rings is 1. The summed E-state index contributed by atoms with van der Waals surface area (Å²) in [5.41, 5.74) is 0.698. The third kappa shape index (κ3) is 4.41. The van der Waals surface area contributed by atoms with Gasteiger partial charge in [-0.1, -0.05) is 6.07 Å². The third-order valence-electron chi connectivity index (χ3n) is 2.95. The quantitative estimate of drug-likeness (QED) is 0.850. The fourth-order valence-corrected chi connectivity index (χ4v) is 1.66. The Kier molecular flexibility index (Phi) is 5.22. The van der Waals surface area contributed by atoms with Crippen LogP contribution in [0.2, 0.25) is 0 Å². The van der Waals surface area contributed by atoms with E-state index in [1.165, 1.54) is 6.07 Å². The number of hydrogen-bond donors (Lipinski definition) is 1. The molecule has 0 saturated carbocycles. The number of rotatable bonds is 6. The minimum absolute atomic E-state index is 0.0641. The topological polar surface area (TPSA) is 40.5 Å². The van der Waals surface area contributed by atoms with Crippen LogP contribution in [0.1, 0.15) is 18.9 Å². The van der Waals surface area contributed by atoms with Crippen molar-refractivity contribution in [2.75, 3.05) is 13.6 Å². The molecule has 0 saturated heterocycles.